The summed E-state index contributed by atoms with van der Waals surface area (Å²) < 4.78 is 7.49. The van der Waals surface area contributed by atoms with Crippen LogP contribution in [0.25, 0.3) is 0 Å². The largest absolute Gasteiger partial charge is 0.385 e. The molecular weight excluding hydrogens is 204 g/mol. The second-order valence-corrected chi connectivity index (χ2v) is 4.78. The van der Waals surface area contributed by atoms with Crippen LogP contribution >= 0.6 is 0 Å². The van der Waals surface area contributed by atoms with E-state index in [1.165, 1.54) is 0 Å². The zero-order valence-corrected chi connectivity index (χ0v) is 10.2. The van der Waals surface area contributed by atoms with Crippen LogP contribution in [0, 0.1) is 0 Å². The van der Waals surface area contributed by atoms with Crippen molar-refractivity contribution in [3.8, 4) is 0 Å². The number of hydrogen-bond donors (Lipinski definition) is 1. The first-order chi connectivity index (χ1) is 7.53. The van der Waals surface area contributed by atoms with Gasteiger partial charge in [0.05, 0.1) is 24.0 Å². The van der Waals surface area contributed by atoms with Crippen molar-refractivity contribution < 1.29 is 9.84 Å². The van der Waals surface area contributed by atoms with E-state index < -0.39 is 5.60 Å². The fourth-order valence-electron chi connectivity index (χ4n) is 2.54. The Kier molecular flexibility index (Phi) is 3.04. The Labute approximate surface area is 96.2 Å². The lowest BCUT2D eigenvalue weighted by Gasteiger charge is -2.38. The van der Waals surface area contributed by atoms with Crippen LogP contribution in [0.15, 0.2) is 12.4 Å². The Hall–Kier alpha value is -0.870. The second-order valence-electron chi connectivity index (χ2n) is 4.78. The Morgan fingerprint density at radius 3 is 2.62 bits per heavy atom. The average Bonchev–Trinajstić information content (AvgIpc) is 2.63. The molecule has 4 heteroatoms. The normalized spacial score (nSPS) is 35.2. The van der Waals surface area contributed by atoms with E-state index in [9.17, 15) is 5.11 Å². The summed E-state index contributed by atoms with van der Waals surface area (Å²) in [6.45, 7) is 6.88. The average molecular weight is 224 g/mol. The van der Waals surface area contributed by atoms with Gasteiger partial charge in [0.1, 0.15) is 0 Å². The van der Waals surface area contributed by atoms with E-state index in [0.29, 0.717) is 12.8 Å². The summed E-state index contributed by atoms with van der Waals surface area (Å²) in [7, 11) is 0. The Morgan fingerprint density at radius 1 is 1.50 bits per heavy atom. The minimum absolute atomic E-state index is 0.0960. The number of aromatic nitrogens is 2. The van der Waals surface area contributed by atoms with Gasteiger partial charge in [-0.2, -0.15) is 5.10 Å². The number of rotatable bonds is 2. The van der Waals surface area contributed by atoms with Crippen LogP contribution in [-0.2, 0) is 16.9 Å². The van der Waals surface area contributed by atoms with Crippen molar-refractivity contribution in [2.75, 3.05) is 0 Å². The molecule has 2 heterocycles. The number of ether oxygens (including phenoxy) is 1. The van der Waals surface area contributed by atoms with Gasteiger partial charge in [0.2, 0.25) is 0 Å². The van der Waals surface area contributed by atoms with E-state index in [0.717, 1.165) is 12.1 Å². The maximum absolute atomic E-state index is 10.7. The van der Waals surface area contributed by atoms with Gasteiger partial charge in [0.25, 0.3) is 0 Å². The molecule has 4 nitrogen and oxygen atoms in total. The molecule has 1 aliphatic rings. The molecule has 1 saturated heterocycles. The molecule has 1 aromatic heterocycles. The molecule has 0 spiro atoms. The molecule has 0 radical (unpaired) electrons. The van der Waals surface area contributed by atoms with Crippen molar-refractivity contribution in [1.29, 1.82) is 0 Å². The van der Waals surface area contributed by atoms with Crippen molar-refractivity contribution >= 4 is 0 Å². The summed E-state index contributed by atoms with van der Waals surface area (Å²) in [6.07, 6.45) is 5.19. The number of nitrogens with zero attached hydrogens (tertiary/aromatic N) is 2. The highest BCUT2D eigenvalue weighted by Gasteiger charge is 2.39. The SMILES string of the molecule is CCn1cc(C2(O)CC(C)OC(C)C2)cn1. The standard InChI is InChI=1S/C12H20N2O2/c1-4-14-8-11(7-13-14)12(15)5-9(2)16-10(3)6-12/h7-10,15H,4-6H2,1-3H3. The second kappa shape index (κ2) is 4.18. The minimum atomic E-state index is -0.773. The molecule has 1 aromatic rings. The van der Waals surface area contributed by atoms with Crippen LogP contribution in [0.4, 0.5) is 0 Å². The van der Waals surface area contributed by atoms with Crippen LogP contribution < -0.4 is 0 Å². The highest BCUT2D eigenvalue weighted by Crippen LogP contribution is 2.36. The first-order valence-electron chi connectivity index (χ1n) is 5.94. The smallest absolute Gasteiger partial charge is 0.0975 e. The third-order valence-electron chi connectivity index (χ3n) is 3.21. The van der Waals surface area contributed by atoms with Crippen molar-refractivity contribution in [3.05, 3.63) is 18.0 Å². The number of aliphatic hydroxyl groups is 1. The maximum Gasteiger partial charge on any atom is 0.0975 e. The van der Waals surface area contributed by atoms with E-state index >= 15 is 0 Å². The predicted octanol–water partition coefficient (Wildman–Crippen LogP) is 1.68. The van der Waals surface area contributed by atoms with Crippen LogP contribution in [0.5, 0.6) is 0 Å². The van der Waals surface area contributed by atoms with Gasteiger partial charge >= 0.3 is 0 Å². The summed E-state index contributed by atoms with van der Waals surface area (Å²) in [5, 5.41) is 14.9. The van der Waals surface area contributed by atoms with E-state index in [-0.39, 0.29) is 12.2 Å². The first-order valence-corrected chi connectivity index (χ1v) is 5.94. The van der Waals surface area contributed by atoms with Gasteiger partial charge in [-0.25, -0.2) is 0 Å². The molecule has 0 bridgehead atoms. The van der Waals surface area contributed by atoms with Crippen LogP contribution in [0.3, 0.4) is 0 Å². The quantitative estimate of drug-likeness (QED) is 0.831. The number of aryl methyl sites for hydroxylation is 1. The summed E-state index contributed by atoms with van der Waals surface area (Å²) in [6, 6.07) is 0. The van der Waals surface area contributed by atoms with Gasteiger partial charge in [-0.15, -0.1) is 0 Å². The van der Waals surface area contributed by atoms with Gasteiger partial charge in [0, 0.05) is 31.1 Å². The van der Waals surface area contributed by atoms with Crippen LogP contribution in [-0.4, -0.2) is 27.1 Å². The van der Waals surface area contributed by atoms with Gasteiger partial charge < -0.3 is 9.84 Å². The van der Waals surface area contributed by atoms with E-state index in [1.54, 1.807) is 6.20 Å². The number of hydrogen-bond acceptors (Lipinski definition) is 3. The molecule has 1 fully saturated rings. The summed E-state index contributed by atoms with van der Waals surface area (Å²) >= 11 is 0. The maximum atomic E-state index is 10.7. The summed E-state index contributed by atoms with van der Waals surface area (Å²) in [5.74, 6) is 0. The van der Waals surface area contributed by atoms with Crippen molar-refractivity contribution in [2.24, 2.45) is 0 Å². The van der Waals surface area contributed by atoms with Crippen molar-refractivity contribution in [1.82, 2.24) is 9.78 Å². The van der Waals surface area contributed by atoms with E-state index in [4.69, 9.17) is 4.74 Å². The van der Waals surface area contributed by atoms with E-state index in [1.807, 2.05) is 31.6 Å². The Morgan fingerprint density at radius 2 is 2.12 bits per heavy atom. The molecule has 0 aromatic carbocycles. The minimum Gasteiger partial charge on any atom is -0.385 e. The molecule has 1 N–H and O–H groups in total. The van der Waals surface area contributed by atoms with Gasteiger partial charge in [-0.1, -0.05) is 0 Å². The lowest BCUT2D eigenvalue weighted by molar-refractivity contribution is -0.135. The highest BCUT2D eigenvalue weighted by atomic mass is 16.5. The topological polar surface area (TPSA) is 47.3 Å². The molecule has 2 atom stereocenters. The molecule has 2 unspecified atom stereocenters. The molecule has 2 rings (SSSR count). The lowest BCUT2D eigenvalue weighted by atomic mass is 9.83. The van der Waals surface area contributed by atoms with Gasteiger partial charge in [0.15, 0.2) is 0 Å². The van der Waals surface area contributed by atoms with Crippen molar-refractivity contribution in [3.63, 3.8) is 0 Å². The Bertz CT molecular complexity index is 352. The first kappa shape index (κ1) is 11.6. The fourth-order valence-corrected chi connectivity index (χ4v) is 2.54. The third kappa shape index (κ3) is 2.13. The van der Waals surface area contributed by atoms with Crippen molar-refractivity contribution in [2.45, 2.75) is 58.0 Å². The molecule has 0 saturated carbocycles. The molecular formula is C12H20N2O2. The molecule has 0 amide bonds. The zero-order valence-electron chi connectivity index (χ0n) is 10.2. The Balaban J connectivity index is 2.23. The lowest BCUT2D eigenvalue weighted by Crippen LogP contribution is -2.41. The van der Waals surface area contributed by atoms with Gasteiger partial charge in [-0.3, -0.25) is 4.68 Å². The highest BCUT2D eigenvalue weighted by molar-refractivity contribution is 5.17. The van der Waals surface area contributed by atoms with Gasteiger partial charge in [-0.05, 0) is 20.8 Å². The predicted molar refractivity (Wildman–Crippen MR) is 61.0 cm³/mol. The molecule has 16 heavy (non-hydrogen) atoms. The molecule has 1 aliphatic heterocycles. The monoisotopic (exact) mass is 224 g/mol. The summed E-state index contributed by atoms with van der Waals surface area (Å²) in [5.41, 5.74) is 0.140. The molecule has 90 valence electrons. The van der Waals surface area contributed by atoms with Crippen LogP contribution in [0.1, 0.15) is 39.2 Å². The fraction of sp³-hybridized carbons (Fsp3) is 0.750. The zero-order chi connectivity index (χ0) is 11.8. The van der Waals surface area contributed by atoms with Crippen LogP contribution in [0.2, 0.25) is 0 Å². The summed E-state index contributed by atoms with van der Waals surface area (Å²) in [4.78, 5) is 0. The third-order valence-corrected chi connectivity index (χ3v) is 3.21. The molecule has 0 aliphatic carbocycles. The van der Waals surface area contributed by atoms with E-state index in [2.05, 4.69) is 5.10 Å².